The normalized spacial score (nSPS) is 26.6. The molecule has 1 aliphatic rings. The maximum absolute atomic E-state index is 8.37. The van der Waals surface area contributed by atoms with Crippen LogP contribution in [0.5, 0.6) is 0 Å². The van der Waals surface area contributed by atoms with E-state index in [0.717, 1.165) is 25.7 Å². The van der Waals surface area contributed by atoms with E-state index in [4.69, 9.17) is 11.1 Å². The maximum Gasteiger partial charge on any atom is 0.0461 e. The highest BCUT2D eigenvalue weighted by atomic mass is 15.2. The molecule has 0 aromatic heterocycles. The summed E-state index contributed by atoms with van der Waals surface area (Å²) in [6.45, 7) is 0. The molecule has 6 nitrogen and oxygen atoms in total. The highest BCUT2D eigenvalue weighted by Gasteiger charge is 2.18. The lowest BCUT2D eigenvalue weighted by molar-refractivity contribution is 0.465. The number of hydrogen-bond acceptors (Lipinski definition) is 2. The number of azide groups is 2. The zero-order valence-corrected chi connectivity index (χ0v) is 7.82. The van der Waals surface area contributed by atoms with Crippen molar-refractivity contribution in [3.63, 3.8) is 0 Å². The van der Waals surface area contributed by atoms with Crippen LogP contribution in [0.1, 0.15) is 25.7 Å². The second-order valence-electron chi connectivity index (χ2n) is 3.17. The van der Waals surface area contributed by atoms with E-state index in [1.165, 1.54) is 0 Å². The van der Waals surface area contributed by atoms with Crippen LogP contribution >= 0.6 is 0 Å². The Morgan fingerprint density at radius 2 is 1.36 bits per heavy atom. The molecule has 1 rings (SSSR count). The van der Waals surface area contributed by atoms with Gasteiger partial charge < -0.3 is 0 Å². The first kappa shape index (κ1) is 10.4. The molecule has 1 aliphatic carbocycles. The molecule has 0 heterocycles. The van der Waals surface area contributed by atoms with Crippen molar-refractivity contribution >= 4 is 0 Å². The van der Waals surface area contributed by atoms with Crippen LogP contribution in [0.3, 0.4) is 0 Å². The first-order valence-electron chi connectivity index (χ1n) is 4.62. The molecule has 0 aromatic rings. The molecule has 2 atom stereocenters. The summed E-state index contributed by atoms with van der Waals surface area (Å²) in [4.78, 5) is 5.56. The quantitative estimate of drug-likeness (QED) is 0.277. The average Bonchev–Trinajstić information content (AvgIpc) is 2.16. The Balaban J connectivity index is 2.76. The first-order chi connectivity index (χ1) is 6.88. The van der Waals surface area contributed by atoms with Gasteiger partial charge in [0.15, 0.2) is 0 Å². The van der Waals surface area contributed by atoms with Gasteiger partial charge in [-0.2, -0.15) is 0 Å². The van der Waals surface area contributed by atoms with E-state index < -0.39 is 0 Å². The highest BCUT2D eigenvalue weighted by molar-refractivity contribution is 4.93. The van der Waals surface area contributed by atoms with Crippen LogP contribution in [0.25, 0.3) is 20.9 Å². The van der Waals surface area contributed by atoms with Crippen LogP contribution in [0.2, 0.25) is 0 Å². The smallest absolute Gasteiger partial charge is 0.0461 e. The summed E-state index contributed by atoms with van der Waals surface area (Å²) in [7, 11) is 0. The fourth-order valence-electron chi connectivity index (χ4n) is 1.56. The van der Waals surface area contributed by atoms with Crippen molar-refractivity contribution in [2.24, 2.45) is 10.2 Å². The van der Waals surface area contributed by atoms with Crippen molar-refractivity contribution in [3.8, 4) is 0 Å². The monoisotopic (exact) mass is 192 g/mol. The van der Waals surface area contributed by atoms with Gasteiger partial charge in [-0.25, -0.2) is 0 Å². The molecule has 6 heteroatoms. The summed E-state index contributed by atoms with van der Waals surface area (Å²) < 4.78 is 0. The van der Waals surface area contributed by atoms with Crippen molar-refractivity contribution in [3.05, 3.63) is 33.0 Å². The Labute approximate surface area is 81.9 Å². The zero-order valence-electron chi connectivity index (χ0n) is 7.82. The van der Waals surface area contributed by atoms with Crippen molar-refractivity contribution in [2.75, 3.05) is 0 Å². The van der Waals surface area contributed by atoms with Crippen LogP contribution in [0.15, 0.2) is 22.4 Å². The van der Waals surface area contributed by atoms with Crippen LogP contribution in [0, 0.1) is 0 Å². The zero-order chi connectivity index (χ0) is 10.2. The molecule has 14 heavy (non-hydrogen) atoms. The topological polar surface area (TPSA) is 97.5 Å². The number of allylic oxidation sites excluding steroid dienone is 2. The third-order valence-corrected chi connectivity index (χ3v) is 2.27. The summed E-state index contributed by atoms with van der Waals surface area (Å²) in [5, 5.41) is 7.33. The molecule has 2 unspecified atom stereocenters. The molecule has 0 saturated carbocycles. The van der Waals surface area contributed by atoms with E-state index in [1.807, 2.05) is 0 Å². The SMILES string of the molecule is [N-]=[N+]=NC1CCC=CCCC1N=[N+]=[N-]. The fourth-order valence-corrected chi connectivity index (χ4v) is 1.56. The Bertz CT molecular complexity index is 267. The lowest BCUT2D eigenvalue weighted by atomic mass is 9.97. The largest absolute Gasteiger partial charge is 0.0902 e. The lowest BCUT2D eigenvalue weighted by Crippen LogP contribution is -2.22. The Morgan fingerprint density at radius 1 is 0.929 bits per heavy atom. The van der Waals surface area contributed by atoms with Gasteiger partial charge >= 0.3 is 0 Å². The predicted octanol–water partition coefficient (Wildman–Crippen LogP) is 3.47. The minimum Gasteiger partial charge on any atom is -0.0902 e. The van der Waals surface area contributed by atoms with Crippen LogP contribution < -0.4 is 0 Å². The van der Waals surface area contributed by atoms with Gasteiger partial charge in [-0.05, 0) is 36.7 Å². The Kier molecular flexibility index (Phi) is 4.41. The van der Waals surface area contributed by atoms with Crippen LogP contribution in [-0.2, 0) is 0 Å². The van der Waals surface area contributed by atoms with E-state index >= 15 is 0 Å². The molecule has 74 valence electrons. The van der Waals surface area contributed by atoms with Gasteiger partial charge in [0.2, 0.25) is 0 Å². The second-order valence-corrected chi connectivity index (χ2v) is 3.17. The average molecular weight is 192 g/mol. The van der Waals surface area contributed by atoms with Crippen molar-refractivity contribution < 1.29 is 0 Å². The van der Waals surface area contributed by atoms with E-state index in [2.05, 4.69) is 32.2 Å². The second kappa shape index (κ2) is 5.91. The minimum absolute atomic E-state index is 0.194. The fraction of sp³-hybridized carbons (Fsp3) is 0.750. The van der Waals surface area contributed by atoms with Gasteiger partial charge in [0.25, 0.3) is 0 Å². The number of rotatable bonds is 2. The van der Waals surface area contributed by atoms with E-state index in [1.54, 1.807) is 0 Å². The van der Waals surface area contributed by atoms with Gasteiger partial charge in [0.1, 0.15) is 0 Å². The van der Waals surface area contributed by atoms with Gasteiger partial charge in [-0.1, -0.05) is 22.4 Å². The van der Waals surface area contributed by atoms with E-state index in [-0.39, 0.29) is 12.1 Å². The molecule has 0 bridgehead atoms. The Hall–Kier alpha value is -1.64. The molecule has 0 N–H and O–H groups in total. The van der Waals surface area contributed by atoms with Crippen LogP contribution in [-0.4, -0.2) is 12.1 Å². The van der Waals surface area contributed by atoms with Gasteiger partial charge in [0, 0.05) is 21.9 Å². The van der Waals surface area contributed by atoms with Crippen molar-refractivity contribution in [2.45, 2.75) is 37.8 Å². The van der Waals surface area contributed by atoms with Gasteiger partial charge in [-0.15, -0.1) is 0 Å². The van der Waals surface area contributed by atoms with Crippen molar-refractivity contribution in [1.82, 2.24) is 0 Å². The molecular weight excluding hydrogens is 180 g/mol. The number of hydrogen-bond donors (Lipinski definition) is 0. The minimum atomic E-state index is -0.194. The molecule has 0 aromatic carbocycles. The highest BCUT2D eigenvalue weighted by Crippen LogP contribution is 2.19. The predicted molar refractivity (Wildman–Crippen MR) is 53.5 cm³/mol. The standard InChI is InChI=1S/C8H12N6/c9-13-11-7-5-3-1-2-4-6-8(7)12-14-10/h1-2,7-8H,3-6H2. The van der Waals surface area contributed by atoms with Crippen LogP contribution in [0.4, 0.5) is 0 Å². The molecule has 0 spiro atoms. The Morgan fingerprint density at radius 3 is 1.71 bits per heavy atom. The van der Waals surface area contributed by atoms with Crippen molar-refractivity contribution in [1.29, 1.82) is 0 Å². The molecule has 0 amide bonds. The van der Waals surface area contributed by atoms with E-state index in [9.17, 15) is 0 Å². The van der Waals surface area contributed by atoms with Gasteiger partial charge in [-0.3, -0.25) is 0 Å². The van der Waals surface area contributed by atoms with Gasteiger partial charge in [0.05, 0.1) is 0 Å². The third kappa shape index (κ3) is 3.01. The maximum atomic E-state index is 8.37. The molecule has 0 radical (unpaired) electrons. The third-order valence-electron chi connectivity index (χ3n) is 2.27. The van der Waals surface area contributed by atoms with E-state index in [0.29, 0.717) is 0 Å². The number of nitrogens with zero attached hydrogens (tertiary/aromatic N) is 6. The first-order valence-corrected chi connectivity index (χ1v) is 4.62. The molecule has 0 aliphatic heterocycles. The lowest BCUT2D eigenvalue weighted by Gasteiger charge is -2.19. The summed E-state index contributed by atoms with van der Waals surface area (Å²) in [6, 6.07) is -0.387. The molecule has 0 saturated heterocycles. The molecule has 0 fully saturated rings. The molecular formula is C8H12N6. The summed E-state index contributed by atoms with van der Waals surface area (Å²) in [5.41, 5.74) is 16.7. The summed E-state index contributed by atoms with van der Waals surface area (Å²) >= 11 is 0. The summed E-state index contributed by atoms with van der Waals surface area (Å²) in [5.74, 6) is 0. The summed E-state index contributed by atoms with van der Waals surface area (Å²) in [6.07, 6.45) is 7.41.